The number of nitrogens with zero attached hydrogens (tertiary/aromatic N) is 3. The normalized spacial score (nSPS) is 19.1. The highest BCUT2D eigenvalue weighted by Crippen LogP contribution is 2.45. The van der Waals surface area contributed by atoms with Crippen LogP contribution in [-0.2, 0) is 24.9 Å². The molecule has 1 aromatic heterocycles. The Bertz CT molecular complexity index is 1530. The van der Waals surface area contributed by atoms with E-state index in [0.29, 0.717) is 24.1 Å². The Morgan fingerprint density at radius 2 is 1.52 bits per heavy atom. The van der Waals surface area contributed by atoms with Gasteiger partial charge in [-0.15, -0.1) is 0 Å². The minimum atomic E-state index is -5.03. The Labute approximate surface area is 244 Å². The molecule has 5 rings (SSSR count). The van der Waals surface area contributed by atoms with Crippen molar-refractivity contribution < 1.29 is 49.4 Å². The van der Waals surface area contributed by atoms with Crippen LogP contribution in [0.3, 0.4) is 0 Å². The van der Waals surface area contributed by atoms with Gasteiger partial charge in [-0.05, 0) is 84.7 Å². The lowest BCUT2D eigenvalue weighted by atomic mass is 9.89. The number of aromatic nitrogens is 2. The van der Waals surface area contributed by atoms with Crippen LogP contribution < -0.4 is 10.2 Å². The Kier molecular flexibility index (Phi) is 7.95. The Hall–Kier alpha value is -4.04. The summed E-state index contributed by atoms with van der Waals surface area (Å²) < 4.78 is 122. The highest BCUT2D eigenvalue weighted by Gasteiger charge is 2.40. The van der Waals surface area contributed by atoms with E-state index < -0.39 is 53.4 Å². The molecule has 6 nitrogen and oxygen atoms in total. The van der Waals surface area contributed by atoms with Gasteiger partial charge in [-0.3, -0.25) is 4.90 Å². The van der Waals surface area contributed by atoms with Crippen LogP contribution >= 0.6 is 0 Å². The maximum Gasteiger partial charge on any atom is 0.416 e. The number of carboxylic acid groups (broad SMARTS) is 1. The van der Waals surface area contributed by atoms with E-state index in [1.165, 1.54) is 6.20 Å². The average molecular weight is 633 g/mol. The number of rotatable bonds is 6. The van der Waals surface area contributed by atoms with Gasteiger partial charge in [0.25, 0.3) is 0 Å². The number of amides is 1. The lowest BCUT2D eigenvalue weighted by Crippen LogP contribution is -2.45. The van der Waals surface area contributed by atoms with Gasteiger partial charge < -0.3 is 10.4 Å². The van der Waals surface area contributed by atoms with Gasteiger partial charge in [-0.25, -0.2) is 14.8 Å². The van der Waals surface area contributed by atoms with Crippen LogP contribution in [0.5, 0.6) is 0 Å². The molecular weight excluding hydrogens is 607 g/mol. The molecule has 2 N–H and O–H groups in total. The molecule has 2 heterocycles. The van der Waals surface area contributed by atoms with E-state index in [1.807, 2.05) is 0 Å². The molecule has 0 bridgehead atoms. The van der Waals surface area contributed by atoms with Crippen LogP contribution in [0.1, 0.15) is 83.6 Å². The highest BCUT2D eigenvalue weighted by atomic mass is 19.4. The van der Waals surface area contributed by atoms with E-state index in [0.717, 1.165) is 35.9 Å². The molecule has 0 spiro atoms. The second kappa shape index (κ2) is 11.1. The van der Waals surface area contributed by atoms with E-state index in [-0.39, 0.29) is 53.3 Å². The Morgan fingerprint density at radius 1 is 0.909 bits per heavy atom. The second-order valence-corrected chi connectivity index (χ2v) is 10.9. The van der Waals surface area contributed by atoms with Crippen molar-refractivity contribution in [3.63, 3.8) is 0 Å². The number of alkyl halides is 9. The van der Waals surface area contributed by atoms with Crippen LogP contribution in [0.4, 0.5) is 55.9 Å². The predicted molar refractivity (Wildman–Crippen MR) is 140 cm³/mol. The molecule has 3 aromatic rings. The zero-order valence-electron chi connectivity index (χ0n) is 22.9. The van der Waals surface area contributed by atoms with Gasteiger partial charge in [-0.2, -0.15) is 39.5 Å². The highest BCUT2D eigenvalue weighted by molar-refractivity contribution is 5.89. The van der Waals surface area contributed by atoms with Crippen molar-refractivity contribution in [2.75, 3.05) is 10.2 Å². The summed E-state index contributed by atoms with van der Waals surface area (Å²) in [5, 5.41) is 12.8. The van der Waals surface area contributed by atoms with Crippen molar-refractivity contribution in [2.45, 2.75) is 75.6 Å². The molecule has 2 atom stereocenters. The van der Waals surface area contributed by atoms with E-state index in [1.54, 1.807) is 6.92 Å². The summed E-state index contributed by atoms with van der Waals surface area (Å²) in [6, 6.07) is 2.49. The first-order valence-corrected chi connectivity index (χ1v) is 13.6. The molecule has 2 aliphatic rings. The van der Waals surface area contributed by atoms with Gasteiger partial charge in [-0.1, -0.05) is 6.92 Å². The number of carbonyl (C=O) groups is 1. The summed E-state index contributed by atoms with van der Waals surface area (Å²) in [6.45, 7) is 1.72. The van der Waals surface area contributed by atoms with Crippen LogP contribution in [-0.4, -0.2) is 27.2 Å². The van der Waals surface area contributed by atoms with E-state index in [9.17, 15) is 49.4 Å². The number of halogens is 9. The zero-order valence-corrected chi connectivity index (χ0v) is 22.9. The fourth-order valence-corrected chi connectivity index (χ4v) is 5.52. The van der Waals surface area contributed by atoms with E-state index in [2.05, 4.69) is 15.3 Å². The van der Waals surface area contributed by atoms with E-state index >= 15 is 0 Å². The van der Waals surface area contributed by atoms with Crippen molar-refractivity contribution in [1.29, 1.82) is 0 Å². The number of fused-ring (bicyclic) bond motifs is 1. The molecule has 1 fully saturated rings. The summed E-state index contributed by atoms with van der Waals surface area (Å²) in [7, 11) is 0. The lowest BCUT2D eigenvalue weighted by Gasteiger charge is -2.39. The fraction of sp³-hybridized carbons (Fsp3) is 0.414. The molecule has 44 heavy (non-hydrogen) atoms. The summed E-state index contributed by atoms with van der Waals surface area (Å²) in [6.07, 6.45) is -13.3. The van der Waals surface area contributed by atoms with E-state index in [4.69, 9.17) is 0 Å². The Morgan fingerprint density at radius 3 is 2.05 bits per heavy atom. The topological polar surface area (TPSA) is 78.4 Å². The molecule has 1 amide bonds. The molecule has 1 aliphatic carbocycles. The predicted octanol–water partition coefficient (Wildman–Crippen LogP) is 8.82. The molecule has 0 radical (unpaired) electrons. The standard InChI is InChI=1S/C29H25F9N4O2/c1-2-19-12-23(20-11-16(27(30,31)32)5-6-24(20)42(19)26(43)44)41-25-39-13-21(15-3-4-15)22(40-25)9-14-7-17(28(33,34)35)10-18(8-14)29(36,37)38/h5-8,10-11,13,15,19,23H,2-4,9,12H2,1H3,(H,43,44)(H,39,40,41)/t19-,23+/m1/s1. The van der Waals surface area contributed by atoms with Gasteiger partial charge in [0.05, 0.1) is 34.1 Å². The van der Waals surface area contributed by atoms with Crippen molar-refractivity contribution >= 4 is 17.7 Å². The number of hydrogen-bond donors (Lipinski definition) is 2. The van der Waals surface area contributed by atoms with Crippen molar-refractivity contribution in [2.24, 2.45) is 0 Å². The minimum absolute atomic E-state index is 0.0241. The second-order valence-electron chi connectivity index (χ2n) is 10.9. The molecular formula is C29H25F9N4O2. The first-order valence-electron chi connectivity index (χ1n) is 13.6. The number of nitrogens with one attached hydrogen (secondary N) is 1. The molecule has 0 saturated heterocycles. The van der Waals surface area contributed by atoms with Gasteiger partial charge in [0.1, 0.15) is 0 Å². The van der Waals surface area contributed by atoms with Gasteiger partial charge in [0.15, 0.2) is 0 Å². The molecule has 2 aromatic carbocycles. The van der Waals surface area contributed by atoms with Crippen molar-refractivity contribution in [3.8, 4) is 0 Å². The Balaban J connectivity index is 1.54. The van der Waals surface area contributed by atoms with Gasteiger partial charge in [0.2, 0.25) is 5.95 Å². The third-order valence-electron chi connectivity index (χ3n) is 7.78. The maximum absolute atomic E-state index is 13.6. The zero-order chi connectivity index (χ0) is 32.2. The van der Waals surface area contributed by atoms with Gasteiger partial charge in [0, 0.05) is 18.7 Å². The number of hydrogen-bond acceptors (Lipinski definition) is 4. The first kappa shape index (κ1) is 31.4. The first-order chi connectivity index (χ1) is 20.5. The quantitative estimate of drug-likeness (QED) is 0.266. The summed E-state index contributed by atoms with van der Waals surface area (Å²) in [4.78, 5) is 21.7. The fourth-order valence-electron chi connectivity index (χ4n) is 5.52. The smallest absolute Gasteiger partial charge is 0.416 e. The number of anilines is 2. The molecule has 0 unspecified atom stereocenters. The van der Waals surface area contributed by atoms with Crippen molar-refractivity contribution in [3.05, 3.63) is 81.7 Å². The summed E-state index contributed by atoms with van der Waals surface area (Å²) >= 11 is 0. The monoisotopic (exact) mass is 632 g/mol. The average Bonchev–Trinajstić information content (AvgIpc) is 3.76. The molecule has 15 heteroatoms. The lowest BCUT2D eigenvalue weighted by molar-refractivity contribution is -0.143. The molecule has 1 saturated carbocycles. The minimum Gasteiger partial charge on any atom is -0.465 e. The van der Waals surface area contributed by atoms with Crippen LogP contribution in [0, 0.1) is 0 Å². The van der Waals surface area contributed by atoms with Crippen LogP contribution in [0.2, 0.25) is 0 Å². The van der Waals surface area contributed by atoms with Gasteiger partial charge >= 0.3 is 24.6 Å². The number of benzene rings is 2. The SMILES string of the molecule is CC[C@@H]1C[C@H](Nc2ncc(C3CC3)c(Cc3cc(C(F)(F)F)cc(C(F)(F)F)c3)n2)c2cc(C(F)(F)F)ccc2N1C(=O)O. The van der Waals surface area contributed by atoms with Crippen LogP contribution in [0.25, 0.3) is 0 Å². The third-order valence-corrected chi connectivity index (χ3v) is 7.78. The van der Waals surface area contributed by atoms with Crippen molar-refractivity contribution in [1.82, 2.24) is 9.97 Å². The largest absolute Gasteiger partial charge is 0.465 e. The molecule has 1 aliphatic heterocycles. The summed E-state index contributed by atoms with van der Waals surface area (Å²) in [5.74, 6) is -0.148. The maximum atomic E-state index is 13.6. The van der Waals surface area contributed by atoms with Crippen LogP contribution in [0.15, 0.2) is 42.6 Å². The third kappa shape index (κ3) is 6.55. The molecule has 236 valence electrons. The summed E-state index contributed by atoms with van der Waals surface area (Å²) in [5.41, 5.74) is -3.41.